The van der Waals surface area contributed by atoms with E-state index in [0.29, 0.717) is 5.75 Å². The molecule has 7 nitrogen and oxygen atoms in total. The molecule has 1 aliphatic rings. The minimum Gasteiger partial charge on any atom is -0.339 e. The lowest BCUT2D eigenvalue weighted by atomic mass is 10.1. The number of carbonyl (C=O) groups is 1. The summed E-state index contributed by atoms with van der Waals surface area (Å²) in [5.74, 6) is 0.510. The molecule has 3 heterocycles. The van der Waals surface area contributed by atoms with Gasteiger partial charge in [0.2, 0.25) is 5.91 Å². The first kappa shape index (κ1) is 23.0. The van der Waals surface area contributed by atoms with Gasteiger partial charge in [0.1, 0.15) is 11.3 Å². The van der Waals surface area contributed by atoms with Crippen LogP contribution in [0.3, 0.4) is 0 Å². The Hall–Kier alpha value is -2.75. The standard InChI is InChI=1S/C25H28N6OS2/c1-3-19-8-4-6-10-21(19)31-17-26-28-25(31)33-16-23(32)30-14-12-29(13-15-30)18(2)24-27-20-9-5-7-11-22(20)34-24/h4-11,17-18H,3,12-16H2,1-2H3/t18-/m0/s1. The third kappa shape index (κ3) is 4.73. The topological polar surface area (TPSA) is 67.2 Å². The Morgan fingerprint density at radius 2 is 1.85 bits per heavy atom. The molecule has 4 aromatic rings. The van der Waals surface area contributed by atoms with Gasteiger partial charge in [0, 0.05) is 26.2 Å². The molecule has 2 aromatic carbocycles. The van der Waals surface area contributed by atoms with Crippen LogP contribution in [0.25, 0.3) is 15.9 Å². The highest BCUT2D eigenvalue weighted by atomic mass is 32.2. The Bertz CT molecular complexity index is 1240. The molecule has 0 bridgehead atoms. The number of nitrogens with zero attached hydrogens (tertiary/aromatic N) is 6. The van der Waals surface area contributed by atoms with E-state index in [1.54, 1.807) is 17.7 Å². The van der Waals surface area contributed by atoms with Gasteiger partial charge in [-0.1, -0.05) is 49.0 Å². The van der Waals surface area contributed by atoms with E-state index in [2.05, 4.69) is 59.3 Å². The average molecular weight is 493 g/mol. The van der Waals surface area contributed by atoms with Crippen molar-refractivity contribution in [3.63, 3.8) is 0 Å². The summed E-state index contributed by atoms with van der Waals surface area (Å²) in [4.78, 5) is 22.2. The molecule has 1 atom stereocenters. The highest BCUT2D eigenvalue weighted by molar-refractivity contribution is 7.99. The number of para-hydroxylation sites is 2. The normalized spacial score (nSPS) is 15.6. The molecular weight excluding hydrogens is 464 g/mol. The van der Waals surface area contributed by atoms with Crippen molar-refractivity contribution in [1.29, 1.82) is 0 Å². The van der Waals surface area contributed by atoms with E-state index < -0.39 is 0 Å². The fourth-order valence-corrected chi connectivity index (χ4v) is 6.21. The van der Waals surface area contributed by atoms with Gasteiger partial charge in [-0.2, -0.15) is 0 Å². The number of thiazole rings is 1. The van der Waals surface area contributed by atoms with Crippen LogP contribution in [0.4, 0.5) is 0 Å². The summed E-state index contributed by atoms with van der Waals surface area (Å²) in [5, 5.41) is 10.2. The fraction of sp³-hybridized carbons (Fsp3) is 0.360. The van der Waals surface area contributed by atoms with Crippen LogP contribution in [0, 0.1) is 0 Å². The van der Waals surface area contributed by atoms with E-state index in [0.717, 1.165) is 54.0 Å². The average Bonchev–Trinajstić information content (AvgIpc) is 3.54. The van der Waals surface area contributed by atoms with Gasteiger partial charge in [0.05, 0.1) is 27.7 Å². The van der Waals surface area contributed by atoms with Crippen LogP contribution in [0.15, 0.2) is 60.0 Å². The molecule has 34 heavy (non-hydrogen) atoms. The zero-order valence-corrected chi connectivity index (χ0v) is 21.1. The fourth-order valence-electron chi connectivity index (χ4n) is 4.33. The Morgan fingerprint density at radius 3 is 2.65 bits per heavy atom. The number of benzene rings is 2. The third-order valence-corrected chi connectivity index (χ3v) is 8.49. The number of aryl methyl sites for hydroxylation is 1. The number of fused-ring (bicyclic) bond motifs is 1. The molecule has 0 aliphatic carbocycles. The molecule has 1 amide bonds. The summed E-state index contributed by atoms with van der Waals surface area (Å²) < 4.78 is 3.21. The van der Waals surface area contributed by atoms with E-state index in [1.807, 2.05) is 27.7 Å². The number of amides is 1. The van der Waals surface area contributed by atoms with Crippen LogP contribution >= 0.6 is 23.1 Å². The predicted molar refractivity (Wildman–Crippen MR) is 138 cm³/mol. The van der Waals surface area contributed by atoms with Gasteiger partial charge in [-0.15, -0.1) is 21.5 Å². The summed E-state index contributed by atoms with van der Waals surface area (Å²) in [5.41, 5.74) is 3.37. The number of aromatic nitrogens is 4. The number of carbonyl (C=O) groups excluding carboxylic acids is 1. The van der Waals surface area contributed by atoms with Crippen molar-refractivity contribution in [3.05, 3.63) is 65.4 Å². The largest absolute Gasteiger partial charge is 0.339 e. The Balaban J connectivity index is 1.17. The molecule has 1 fully saturated rings. The van der Waals surface area contributed by atoms with Crippen molar-refractivity contribution in [3.8, 4) is 5.69 Å². The van der Waals surface area contributed by atoms with E-state index >= 15 is 0 Å². The van der Waals surface area contributed by atoms with Gasteiger partial charge in [-0.25, -0.2) is 4.98 Å². The van der Waals surface area contributed by atoms with E-state index in [4.69, 9.17) is 4.98 Å². The van der Waals surface area contributed by atoms with Crippen molar-refractivity contribution < 1.29 is 4.79 Å². The summed E-state index contributed by atoms with van der Waals surface area (Å²) in [7, 11) is 0. The summed E-state index contributed by atoms with van der Waals surface area (Å²) in [6, 6.07) is 16.8. The van der Waals surface area contributed by atoms with Crippen LogP contribution in [0.1, 0.15) is 30.5 Å². The van der Waals surface area contributed by atoms with Crippen LogP contribution in [-0.2, 0) is 11.2 Å². The molecule has 1 saturated heterocycles. The Kier molecular flexibility index (Phi) is 6.94. The second-order valence-corrected chi connectivity index (χ2v) is 10.4. The summed E-state index contributed by atoms with van der Waals surface area (Å²) in [6.45, 7) is 7.53. The molecule has 0 saturated carbocycles. The van der Waals surface area contributed by atoms with Crippen LogP contribution in [0.5, 0.6) is 0 Å². The van der Waals surface area contributed by atoms with Crippen LogP contribution < -0.4 is 0 Å². The van der Waals surface area contributed by atoms with E-state index in [9.17, 15) is 4.79 Å². The van der Waals surface area contributed by atoms with Gasteiger partial charge >= 0.3 is 0 Å². The lowest BCUT2D eigenvalue weighted by Gasteiger charge is -2.37. The van der Waals surface area contributed by atoms with Gasteiger partial charge in [-0.3, -0.25) is 14.3 Å². The number of hydrogen-bond acceptors (Lipinski definition) is 7. The molecular formula is C25H28N6OS2. The van der Waals surface area contributed by atoms with Crippen molar-refractivity contribution in [2.24, 2.45) is 0 Å². The molecule has 9 heteroatoms. The van der Waals surface area contributed by atoms with Gasteiger partial charge < -0.3 is 4.90 Å². The van der Waals surface area contributed by atoms with Crippen molar-refractivity contribution >= 4 is 39.2 Å². The second kappa shape index (κ2) is 10.2. The highest BCUT2D eigenvalue weighted by Crippen LogP contribution is 2.30. The van der Waals surface area contributed by atoms with Crippen molar-refractivity contribution in [1.82, 2.24) is 29.5 Å². The molecule has 176 valence electrons. The summed E-state index contributed by atoms with van der Waals surface area (Å²) >= 11 is 3.21. The maximum absolute atomic E-state index is 12.9. The Labute approximate surface area is 207 Å². The number of thioether (sulfide) groups is 1. The van der Waals surface area contributed by atoms with Crippen LogP contribution in [0.2, 0.25) is 0 Å². The monoisotopic (exact) mass is 492 g/mol. The highest BCUT2D eigenvalue weighted by Gasteiger charge is 2.26. The van der Waals surface area contributed by atoms with Gasteiger partial charge in [0.25, 0.3) is 0 Å². The lowest BCUT2D eigenvalue weighted by Crippen LogP contribution is -2.49. The second-order valence-electron chi connectivity index (χ2n) is 8.37. The molecule has 0 spiro atoms. The maximum Gasteiger partial charge on any atom is 0.233 e. The maximum atomic E-state index is 12.9. The Morgan fingerprint density at radius 1 is 1.09 bits per heavy atom. The molecule has 5 rings (SSSR count). The first-order chi connectivity index (χ1) is 16.6. The summed E-state index contributed by atoms with van der Waals surface area (Å²) in [6.07, 6.45) is 2.65. The lowest BCUT2D eigenvalue weighted by molar-refractivity contribution is -0.130. The quantitative estimate of drug-likeness (QED) is 0.356. The first-order valence-electron chi connectivity index (χ1n) is 11.6. The molecule has 0 radical (unpaired) electrons. The van der Waals surface area contributed by atoms with Crippen molar-refractivity contribution in [2.45, 2.75) is 31.5 Å². The van der Waals surface area contributed by atoms with Crippen molar-refractivity contribution in [2.75, 3.05) is 31.9 Å². The SMILES string of the molecule is CCc1ccccc1-n1cnnc1SCC(=O)N1CCN([C@@H](C)c2nc3ccccc3s2)CC1. The molecule has 0 N–H and O–H groups in total. The number of rotatable bonds is 7. The van der Waals surface area contributed by atoms with Gasteiger partial charge in [-0.05, 0) is 37.1 Å². The third-order valence-electron chi connectivity index (χ3n) is 6.36. The first-order valence-corrected chi connectivity index (χ1v) is 13.4. The molecule has 0 unspecified atom stereocenters. The van der Waals surface area contributed by atoms with Crippen LogP contribution in [-0.4, -0.2) is 67.4 Å². The minimum absolute atomic E-state index is 0.149. The van der Waals surface area contributed by atoms with E-state index in [-0.39, 0.29) is 11.9 Å². The molecule has 2 aromatic heterocycles. The number of hydrogen-bond donors (Lipinski definition) is 0. The zero-order valence-electron chi connectivity index (χ0n) is 19.4. The minimum atomic E-state index is 0.149. The smallest absolute Gasteiger partial charge is 0.233 e. The predicted octanol–water partition coefficient (Wildman–Crippen LogP) is 4.44. The van der Waals surface area contributed by atoms with E-state index in [1.165, 1.54) is 22.0 Å². The number of piperazine rings is 1. The zero-order chi connectivity index (χ0) is 23.5. The molecule has 1 aliphatic heterocycles. The van der Waals surface area contributed by atoms with Gasteiger partial charge in [0.15, 0.2) is 5.16 Å².